The van der Waals surface area contributed by atoms with Crippen LogP contribution in [-0.2, 0) is 9.84 Å². The van der Waals surface area contributed by atoms with Crippen molar-refractivity contribution < 1.29 is 20.8 Å². The van der Waals surface area contributed by atoms with E-state index in [-0.39, 0.29) is 25.1 Å². The Morgan fingerprint density at radius 2 is 1.61 bits per heavy atom. The first-order chi connectivity index (χ1) is 15.7. The van der Waals surface area contributed by atoms with Crippen molar-refractivity contribution >= 4 is 9.84 Å². The van der Waals surface area contributed by atoms with Crippen LogP contribution in [-0.4, -0.2) is 65.0 Å². The molecule has 10 heteroatoms. The van der Waals surface area contributed by atoms with Crippen LogP contribution in [0.2, 0.25) is 0 Å². The number of benzene rings is 2. The largest absolute Gasteiger partial charge is 0.508 e. The van der Waals surface area contributed by atoms with Gasteiger partial charge in [-0.2, -0.15) is 0 Å². The van der Waals surface area contributed by atoms with E-state index in [0.717, 1.165) is 0 Å². The van der Waals surface area contributed by atoms with Crippen LogP contribution in [0.5, 0.6) is 5.75 Å². The molecule has 1 N–H and O–H groups in total. The van der Waals surface area contributed by atoms with E-state index >= 15 is 0 Å². The average Bonchev–Trinajstić information content (AvgIpc) is 3.29. The number of aromatic hydroxyl groups is 1. The standard InChI is InChI=1S/C23H23N5O4S.2H2/c1-15-21(23-27-26-22(32-23)17-4-8-18(29)9-5-17)25-20(14-24-15)16-6-10-19(11-7-16)33(30,31)13-12-28(2)3;;/h4-11,14,29H,12-13H2,1-3H3;2*1H. The molecule has 0 amide bonds. The summed E-state index contributed by atoms with van der Waals surface area (Å²) in [5, 5.41) is 17.6. The van der Waals surface area contributed by atoms with Gasteiger partial charge >= 0.3 is 0 Å². The molecule has 0 atom stereocenters. The van der Waals surface area contributed by atoms with Crippen LogP contribution in [0.3, 0.4) is 0 Å². The Kier molecular flexibility index (Phi) is 6.21. The van der Waals surface area contributed by atoms with Crippen molar-refractivity contribution in [1.82, 2.24) is 25.1 Å². The molecule has 4 rings (SSSR count). The second kappa shape index (κ2) is 9.08. The monoisotopic (exact) mass is 469 g/mol. The summed E-state index contributed by atoms with van der Waals surface area (Å²) in [5.41, 5.74) is 2.99. The SMILES string of the molecule is Cc1ncc(-c2ccc(S(=O)(=O)CCN(C)C)cc2)nc1-c1nnc(-c2ccc(O)cc2)o1.[HH].[HH]. The van der Waals surface area contributed by atoms with Crippen molar-refractivity contribution in [1.29, 1.82) is 0 Å². The molecule has 0 saturated carbocycles. The highest BCUT2D eigenvalue weighted by Gasteiger charge is 2.18. The number of sulfone groups is 1. The van der Waals surface area contributed by atoms with Gasteiger partial charge in [-0.05, 0) is 57.4 Å². The summed E-state index contributed by atoms with van der Waals surface area (Å²) in [4.78, 5) is 11.1. The summed E-state index contributed by atoms with van der Waals surface area (Å²) in [7, 11) is 0.308. The molecule has 2 heterocycles. The number of aromatic nitrogens is 4. The van der Waals surface area contributed by atoms with Crippen molar-refractivity contribution in [3.8, 4) is 40.0 Å². The van der Waals surface area contributed by atoms with Gasteiger partial charge in [0, 0.05) is 20.5 Å². The molecule has 174 valence electrons. The number of phenols is 1. The first kappa shape index (κ1) is 22.6. The Morgan fingerprint density at radius 1 is 0.970 bits per heavy atom. The smallest absolute Gasteiger partial charge is 0.268 e. The van der Waals surface area contributed by atoms with Gasteiger partial charge in [-0.1, -0.05) is 12.1 Å². The molecule has 0 radical (unpaired) electrons. The minimum atomic E-state index is -3.37. The number of hydrogen-bond donors (Lipinski definition) is 1. The molecule has 0 aliphatic carbocycles. The lowest BCUT2D eigenvalue weighted by atomic mass is 10.1. The summed E-state index contributed by atoms with van der Waals surface area (Å²) in [6.45, 7) is 2.24. The van der Waals surface area contributed by atoms with Crippen molar-refractivity contribution in [3.63, 3.8) is 0 Å². The average molecular weight is 470 g/mol. The molecule has 33 heavy (non-hydrogen) atoms. The fourth-order valence-electron chi connectivity index (χ4n) is 3.08. The predicted octanol–water partition coefficient (Wildman–Crippen LogP) is 3.70. The number of nitrogens with zero attached hydrogens (tertiary/aromatic N) is 5. The quantitative estimate of drug-likeness (QED) is 0.431. The molecule has 2 aromatic heterocycles. The van der Waals surface area contributed by atoms with E-state index in [1.54, 1.807) is 49.5 Å². The van der Waals surface area contributed by atoms with Crippen LogP contribution >= 0.6 is 0 Å². The Labute approximate surface area is 194 Å². The van der Waals surface area contributed by atoms with Crippen LogP contribution in [0.25, 0.3) is 34.3 Å². The van der Waals surface area contributed by atoms with Gasteiger partial charge in [0.25, 0.3) is 5.89 Å². The maximum absolute atomic E-state index is 12.5. The Hall–Kier alpha value is -3.63. The minimum Gasteiger partial charge on any atom is -0.508 e. The molecule has 0 aliphatic heterocycles. The van der Waals surface area contributed by atoms with Gasteiger partial charge < -0.3 is 14.4 Å². The van der Waals surface area contributed by atoms with Gasteiger partial charge in [0.05, 0.1) is 28.2 Å². The van der Waals surface area contributed by atoms with Gasteiger partial charge in [-0.3, -0.25) is 4.98 Å². The molecule has 0 saturated heterocycles. The topological polar surface area (TPSA) is 122 Å². The van der Waals surface area contributed by atoms with E-state index in [9.17, 15) is 13.5 Å². The van der Waals surface area contributed by atoms with Crippen LogP contribution < -0.4 is 0 Å². The third-order valence-electron chi connectivity index (χ3n) is 5.01. The summed E-state index contributed by atoms with van der Waals surface area (Å²) in [5.74, 6) is 0.704. The van der Waals surface area contributed by atoms with E-state index in [4.69, 9.17) is 4.42 Å². The number of aryl methyl sites for hydroxylation is 1. The van der Waals surface area contributed by atoms with Gasteiger partial charge in [-0.25, -0.2) is 13.4 Å². The maximum atomic E-state index is 12.5. The molecule has 9 nitrogen and oxygen atoms in total. The molecular formula is C23H27N5O4S. The Bertz CT molecular complexity index is 1380. The summed E-state index contributed by atoms with van der Waals surface area (Å²) in [6, 6.07) is 13.0. The van der Waals surface area contributed by atoms with Crippen LogP contribution in [0, 0.1) is 6.92 Å². The fourth-order valence-corrected chi connectivity index (χ4v) is 4.48. The molecule has 2 aromatic carbocycles. The van der Waals surface area contributed by atoms with Crippen LogP contribution in [0.1, 0.15) is 8.55 Å². The van der Waals surface area contributed by atoms with Gasteiger partial charge in [0.1, 0.15) is 11.4 Å². The molecule has 0 bridgehead atoms. The summed E-state index contributed by atoms with van der Waals surface area (Å²) in [6.07, 6.45) is 1.62. The predicted molar refractivity (Wildman–Crippen MR) is 127 cm³/mol. The van der Waals surface area contributed by atoms with Gasteiger partial charge in [0.2, 0.25) is 5.89 Å². The lowest BCUT2D eigenvalue weighted by Crippen LogP contribution is -2.21. The summed E-state index contributed by atoms with van der Waals surface area (Å²) < 4.78 is 30.8. The van der Waals surface area contributed by atoms with Gasteiger partial charge in [0.15, 0.2) is 9.84 Å². The molecular weight excluding hydrogens is 442 g/mol. The Balaban J connectivity index is 0.00000216. The zero-order chi connectivity index (χ0) is 23.6. The third-order valence-corrected chi connectivity index (χ3v) is 6.72. The lowest BCUT2D eigenvalue weighted by molar-refractivity contribution is 0.432. The highest BCUT2D eigenvalue weighted by atomic mass is 32.2. The first-order valence-electron chi connectivity index (χ1n) is 10.2. The van der Waals surface area contributed by atoms with Crippen molar-refractivity contribution in [2.24, 2.45) is 0 Å². The van der Waals surface area contributed by atoms with E-state index in [1.807, 2.05) is 19.0 Å². The van der Waals surface area contributed by atoms with Gasteiger partial charge in [-0.15, -0.1) is 10.2 Å². The fraction of sp³-hybridized carbons (Fsp3) is 0.217. The number of rotatable bonds is 7. The highest BCUT2D eigenvalue weighted by molar-refractivity contribution is 7.91. The first-order valence-corrected chi connectivity index (χ1v) is 11.8. The molecule has 0 unspecified atom stereocenters. The highest BCUT2D eigenvalue weighted by Crippen LogP contribution is 2.27. The number of phenolic OH excluding ortho intramolecular Hbond substituents is 1. The van der Waals surface area contributed by atoms with E-state index in [0.29, 0.717) is 40.6 Å². The van der Waals surface area contributed by atoms with E-state index in [1.165, 1.54) is 12.1 Å². The molecule has 0 spiro atoms. The van der Waals surface area contributed by atoms with Crippen molar-refractivity contribution in [3.05, 3.63) is 60.4 Å². The maximum Gasteiger partial charge on any atom is 0.268 e. The third kappa shape index (κ3) is 5.07. The lowest BCUT2D eigenvalue weighted by Gasteiger charge is -2.10. The zero-order valence-electron chi connectivity index (χ0n) is 18.4. The van der Waals surface area contributed by atoms with E-state index < -0.39 is 9.84 Å². The summed E-state index contributed by atoms with van der Waals surface area (Å²) >= 11 is 0. The normalized spacial score (nSPS) is 11.8. The molecule has 4 aromatic rings. The zero-order valence-corrected chi connectivity index (χ0v) is 19.2. The van der Waals surface area contributed by atoms with Crippen LogP contribution in [0.4, 0.5) is 0 Å². The van der Waals surface area contributed by atoms with Crippen LogP contribution in [0.15, 0.2) is 64.0 Å². The minimum absolute atomic E-state index is 0. The second-order valence-electron chi connectivity index (χ2n) is 7.80. The van der Waals surface area contributed by atoms with Crippen molar-refractivity contribution in [2.75, 3.05) is 26.4 Å². The molecule has 0 aliphatic rings. The number of hydrogen-bond acceptors (Lipinski definition) is 9. The van der Waals surface area contributed by atoms with Crippen molar-refractivity contribution in [2.45, 2.75) is 11.8 Å². The van der Waals surface area contributed by atoms with E-state index in [2.05, 4.69) is 20.2 Å². The molecule has 0 fully saturated rings. The second-order valence-corrected chi connectivity index (χ2v) is 9.90. The Morgan fingerprint density at radius 3 is 2.27 bits per heavy atom.